The van der Waals surface area contributed by atoms with Crippen molar-refractivity contribution in [1.29, 1.82) is 0 Å². The molecule has 0 aromatic heterocycles. The largest absolute Gasteiger partial charge is 0.295 e. The zero-order chi connectivity index (χ0) is 6.81. The molecule has 2 aliphatic heterocycles. The molecule has 2 heterocycles. The van der Waals surface area contributed by atoms with E-state index in [0.717, 1.165) is 13.0 Å². The Balaban J connectivity index is 2.23. The Morgan fingerprint density at radius 2 is 2.50 bits per heavy atom. The molecular weight excluding hydrogens is 124 g/mol. The number of aliphatic imine (C=N–C) groups is 1. The predicted molar refractivity (Wildman–Crippen MR) is 41.1 cm³/mol. The second-order valence-corrected chi connectivity index (χ2v) is 2.50. The highest BCUT2D eigenvalue weighted by molar-refractivity contribution is 5.64. The lowest BCUT2D eigenvalue weighted by Gasteiger charge is -2.21. The van der Waals surface area contributed by atoms with Crippen molar-refractivity contribution in [3.05, 3.63) is 23.9 Å². The van der Waals surface area contributed by atoms with Crippen LogP contribution in [0.3, 0.4) is 0 Å². The molecule has 0 aromatic rings. The van der Waals surface area contributed by atoms with Gasteiger partial charge in [-0.3, -0.25) is 10.3 Å². The van der Waals surface area contributed by atoms with E-state index >= 15 is 0 Å². The molecule has 0 bridgehead atoms. The lowest BCUT2D eigenvalue weighted by molar-refractivity contribution is 0.636. The maximum absolute atomic E-state index is 4.29. The fourth-order valence-electron chi connectivity index (χ4n) is 1.24. The molecule has 2 rings (SSSR count). The standard InChI is InChI=1S/C8H9N2/c1-2-7-3-5-9-6-8(7)10-4-1/h1-2,4-5,8H,3,6H2. The first-order chi connectivity index (χ1) is 4.97. The summed E-state index contributed by atoms with van der Waals surface area (Å²) >= 11 is 0. The lowest BCUT2D eigenvalue weighted by atomic mass is 10.00. The number of rotatable bonds is 0. The van der Waals surface area contributed by atoms with Crippen molar-refractivity contribution in [3.63, 3.8) is 0 Å². The Morgan fingerprint density at radius 1 is 1.50 bits per heavy atom. The van der Waals surface area contributed by atoms with Crippen molar-refractivity contribution in [3.8, 4) is 0 Å². The fraction of sp³-hybridized carbons (Fsp3) is 0.375. The van der Waals surface area contributed by atoms with Crippen LogP contribution in [0.5, 0.6) is 0 Å². The zero-order valence-corrected chi connectivity index (χ0v) is 5.70. The Hall–Kier alpha value is -1.05. The molecule has 1 atom stereocenters. The van der Waals surface area contributed by atoms with Crippen LogP contribution in [-0.2, 0) is 0 Å². The topological polar surface area (TPSA) is 26.5 Å². The Labute approximate surface area is 60.3 Å². The number of hydrogen-bond donors (Lipinski definition) is 0. The first-order valence-corrected chi connectivity index (χ1v) is 3.50. The van der Waals surface area contributed by atoms with E-state index in [2.05, 4.69) is 16.4 Å². The van der Waals surface area contributed by atoms with Gasteiger partial charge in [0.05, 0.1) is 12.6 Å². The van der Waals surface area contributed by atoms with Crippen molar-refractivity contribution in [1.82, 2.24) is 5.32 Å². The molecule has 0 fully saturated rings. The summed E-state index contributed by atoms with van der Waals surface area (Å²) < 4.78 is 0. The average molecular weight is 133 g/mol. The van der Waals surface area contributed by atoms with Crippen LogP contribution in [0.15, 0.2) is 28.9 Å². The first kappa shape index (κ1) is 5.71. The van der Waals surface area contributed by atoms with Gasteiger partial charge in [0.15, 0.2) is 0 Å². The van der Waals surface area contributed by atoms with Crippen LogP contribution in [0.4, 0.5) is 0 Å². The van der Waals surface area contributed by atoms with E-state index in [1.165, 1.54) is 5.57 Å². The second kappa shape index (κ2) is 2.29. The van der Waals surface area contributed by atoms with Crippen molar-refractivity contribution in [2.75, 3.05) is 6.54 Å². The molecule has 1 radical (unpaired) electrons. The smallest absolute Gasteiger partial charge is 0.0910 e. The van der Waals surface area contributed by atoms with E-state index in [9.17, 15) is 0 Å². The van der Waals surface area contributed by atoms with Crippen molar-refractivity contribution in [2.24, 2.45) is 4.99 Å². The van der Waals surface area contributed by atoms with Gasteiger partial charge in [0.1, 0.15) is 0 Å². The molecule has 10 heavy (non-hydrogen) atoms. The molecule has 0 saturated heterocycles. The molecule has 0 amide bonds. The summed E-state index contributed by atoms with van der Waals surface area (Å²) in [4.78, 5) is 4.17. The first-order valence-electron chi connectivity index (χ1n) is 3.50. The Kier molecular flexibility index (Phi) is 1.31. The van der Waals surface area contributed by atoms with Gasteiger partial charge in [-0.1, -0.05) is 6.08 Å². The zero-order valence-electron chi connectivity index (χ0n) is 5.70. The number of allylic oxidation sites excluding steroid dienone is 2. The van der Waals surface area contributed by atoms with E-state index in [-0.39, 0.29) is 0 Å². The van der Waals surface area contributed by atoms with Gasteiger partial charge in [-0.05, 0) is 11.6 Å². The minimum atomic E-state index is 0.356. The van der Waals surface area contributed by atoms with E-state index in [4.69, 9.17) is 0 Å². The molecule has 0 aromatic carbocycles. The maximum atomic E-state index is 4.29. The predicted octanol–water partition coefficient (Wildman–Crippen LogP) is 0.888. The minimum absolute atomic E-state index is 0.356. The lowest BCUT2D eigenvalue weighted by Crippen LogP contribution is -2.28. The van der Waals surface area contributed by atoms with Crippen LogP contribution >= 0.6 is 0 Å². The molecule has 0 saturated carbocycles. The van der Waals surface area contributed by atoms with Crippen molar-refractivity contribution >= 4 is 6.21 Å². The van der Waals surface area contributed by atoms with E-state index < -0.39 is 0 Å². The SMILES string of the molecule is C1=C[N]C2CN=CCC2=C1. The highest BCUT2D eigenvalue weighted by atomic mass is 14.9. The molecule has 1 unspecified atom stereocenters. The van der Waals surface area contributed by atoms with Gasteiger partial charge in [0.25, 0.3) is 0 Å². The van der Waals surface area contributed by atoms with Crippen molar-refractivity contribution in [2.45, 2.75) is 12.5 Å². The van der Waals surface area contributed by atoms with E-state index in [1.807, 2.05) is 18.5 Å². The molecule has 51 valence electrons. The van der Waals surface area contributed by atoms with Crippen LogP contribution in [0.25, 0.3) is 0 Å². The third kappa shape index (κ3) is 0.856. The summed E-state index contributed by atoms with van der Waals surface area (Å²) in [7, 11) is 0. The summed E-state index contributed by atoms with van der Waals surface area (Å²) in [5, 5.41) is 4.29. The van der Waals surface area contributed by atoms with Crippen LogP contribution in [0.2, 0.25) is 0 Å². The summed E-state index contributed by atoms with van der Waals surface area (Å²) in [6.45, 7) is 0.843. The maximum Gasteiger partial charge on any atom is 0.0910 e. The van der Waals surface area contributed by atoms with Gasteiger partial charge in [-0.2, -0.15) is 0 Å². The monoisotopic (exact) mass is 133 g/mol. The molecular formula is C8H9N2. The van der Waals surface area contributed by atoms with Gasteiger partial charge >= 0.3 is 0 Å². The number of nitrogens with zero attached hydrogens (tertiary/aromatic N) is 2. The molecule has 0 aliphatic carbocycles. The second-order valence-electron chi connectivity index (χ2n) is 2.50. The number of fused-ring (bicyclic) bond motifs is 1. The van der Waals surface area contributed by atoms with E-state index in [1.54, 1.807) is 0 Å². The van der Waals surface area contributed by atoms with Gasteiger partial charge in [0, 0.05) is 18.8 Å². The summed E-state index contributed by atoms with van der Waals surface area (Å²) in [5.74, 6) is 0. The van der Waals surface area contributed by atoms with Crippen LogP contribution in [0.1, 0.15) is 6.42 Å². The Morgan fingerprint density at radius 3 is 3.40 bits per heavy atom. The normalized spacial score (nSPS) is 28.8. The van der Waals surface area contributed by atoms with Gasteiger partial charge in [-0.15, -0.1) is 0 Å². The summed E-state index contributed by atoms with van der Waals surface area (Å²) in [6, 6.07) is 0.356. The minimum Gasteiger partial charge on any atom is -0.295 e. The molecule has 0 N–H and O–H groups in total. The Bertz CT molecular complexity index is 213. The third-order valence-corrected chi connectivity index (χ3v) is 1.82. The summed E-state index contributed by atoms with van der Waals surface area (Å²) in [5.41, 5.74) is 1.40. The average Bonchev–Trinajstić information content (AvgIpc) is 2.05. The fourth-order valence-corrected chi connectivity index (χ4v) is 1.24. The molecule has 2 aliphatic rings. The third-order valence-electron chi connectivity index (χ3n) is 1.82. The van der Waals surface area contributed by atoms with Gasteiger partial charge < -0.3 is 0 Å². The highest BCUT2D eigenvalue weighted by Crippen LogP contribution is 2.15. The van der Waals surface area contributed by atoms with E-state index in [0.29, 0.717) is 6.04 Å². The molecule has 2 nitrogen and oxygen atoms in total. The van der Waals surface area contributed by atoms with Crippen molar-refractivity contribution < 1.29 is 0 Å². The van der Waals surface area contributed by atoms with Crippen LogP contribution < -0.4 is 5.32 Å². The molecule has 2 heteroatoms. The van der Waals surface area contributed by atoms with Gasteiger partial charge in [0.2, 0.25) is 0 Å². The number of hydrogen-bond acceptors (Lipinski definition) is 1. The van der Waals surface area contributed by atoms with Crippen LogP contribution in [0, 0.1) is 0 Å². The van der Waals surface area contributed by atoms with Crippen LogP contribution in [-0.4, -0.2) is 18.8 Å². The molecule has 0 spiro atoms. The van der Waals surface area contributed by atoms with Gasteiger partial charge in [-0.25, -0.2) is 0 Å². The summed E-state index contributed by atoms with van der Waals surface area (Å²) in [6.07, 6.45) is 8.94. The quantitative estimate of drug-likeness (QED) is 0.469. The highest BCUT2D eigenvalue weighted by Gasteiger charge is 2.16.